The fourth-order valence-corrected chi connectivity index (χ4v) is 6.80. The van der Waals surface area contributed by atoms with E-state index in [1.54, 1.807) is 0 Å². The maximum absolute atomic E-state index is 13.9. The van der Waals surface area contributed by atoms with Gasteiger partial charge in [-0.2, -0.15) is 0 Å². The normalized spacial score (nSPS) is 21.4. The number of ketones is 2. The molecule has 0 bridgehead atoms. The van der Waals surface area contributed by atoms with Gasteiger partial charge < -0.3 is 14.4 Å². The van der Waals surface area contributed by atoms with Gasteiger partial charge in [-0.3, -0.25) is 9.59 Å². The lowest BCUT2D eigenvalue weighted by Crippen LogP contribution is -2.44. The Morgan fingerprint density at radius 1 is 0.946 bits per heavy atom. The van der Waals surface area contributed by atoms with Crippen LogP contribution in [0.2, 0.25) is 0 Å². The standard InChI is InChI=1S/C31H42BrNO4/c1-9-11-33-21-14-30(5,6)16-23(34)27(21)26(28-22(33)15-31(7,8)17-24(28)35)19-12-20(32)29(37-18(3)4)25(13-19)36-10-2/h12-13,18,26H,9-11,14-17H2,1-8H3. The Kier molecular flexibility index (Phi) is 7.73. The zero-order valence-electron chi connectivity index (χ0n) is 23.7. The number of hydrogen-bond acceptors (Lipinski definition) is 5. The Morgan fingerprint density at radius 3 is 1.95 bits per heavy atom. The van der Waals surface area contributed by atoms with Gasteiger partial charge in [0, 0.05) is 47.8 Å². The molecule has 0 saturated heterocycles. The van der Waals surface area contributed by atoms with Gasteiger partial charge in [0.1, 0.15) is 0 Å². The first-order valence-corrected chi connectivity index (χ1v) is 14.5. The highest BCUT2D eigenvalue weighted by atomic mass is 79.9. The number of carbonyl (C=O) groups is 2. The predicted molar refractivity (Wildman–Crippen MR) is 151 cm³/mol. The summed E-state index contributed by atoms with van der Waals surface area (Å²) in [5, 5.41) is 0. The number of nitrogens with zero attached hydrogens (tertiary/aromatic N) is 1. The predicted octanol–water partition coefficient (Wildman–Crippen LogP) is 7.73. The summed E-state index contributed by atoms with van der Waals surface area (Å²) in [4.78, 5) is 30.2. The van der Waals surface area contributed by atoms with Crippen molar-refractivity contribution < 1.29 is 19.1 Å². The summed E-state index contributed by atoms with van der Waals surface area (Å²) in [7, 11) is 0. The third-order valence-electron chi connectivity index (χ3n) is 7.49. The van der Waals surface area contributed by atoms with E-state index in [1.807, 2.05) is 32.9 Å². The van der Waals surface area contributed by atoms with E-state index in [4.69, 9.17) is 9.47 Å². The molecule has 3 aliphatic rings. The molecule has 37 heavy (non-hydrogen) atoms. The van der Waals surface area contributed by atoms with Crippen LogP contribution >= 0.6 is 15.9 Å². The fraction of sp³-hybridized carbons (Fsp3) is 0.613. The highest BCUT2D eigenvalue weighted by Crippen LogP contribution is 2.55. The van der Waals surface area contributed by atoms with Crippen molar-refractivity contribution in [2.45, 2.75) is 99.5 Å². The van der Waals surface area contributed by atoms with Crippen LogP contribution in [0.5, 0.6) is 11.5 Å². The van der Waals surface area contributed by atoms with E-state index >= 15 is 0 Å². The second-order valence-corrected chi connectivity index (χ2v) is 13.5. The molecule has 202 valence electrons. The Bertz CT molecular complexity index is 1120. The Balaban J connectivity index is 2.00. The van der Waals surface area contributed by atoms with Crippen LogP contribution < -0.4 is 9.47 Å². The largest absolute Gasteiger partial charge is 0.490 e. The quantitative estimate of drug-likeness (QED) is 0.335. The fourth-order valence-electron chi connectivity index (χ4n) is 6.24. The molecular weight excluding hydrogens is 530 g/mol. The molecule has 0 N–H and O–H groups in total. The lowest BCUT2D eigenvalue weighted by Gasteiger charge is -2.49. The molecular formula is C31H42BrNO4. The van der Waals surface area contributed by atoms with E-state index in [1.165, 1.54) is 0 Å². The maximum atomic E-state index is 13.9. The van der Waals surface area contributed by atoms with Gasteiger partial charge in [0.2, 0.25) is 0 Å². The number of ether oxygens (including phenoxy) is 2. The van der Waals surface area contributed by atoms with Crippen LogP contribution in [0.25, 0.3) is 0 Å². The molecule has 6 heteroatoms. The van der Waals surface area contributed by atoms with Crippen LogP contribution in [0.1, 0.15) is 99.0 Å². The summed E-state index contributed by atoms with van der Waals surface area (Å²) in [6.07, 6.45) is 3.54. The van der Waals surface area contributed by atoms with Gasteiger partial charge in [-0.15, -0.1) is 0 Å². The molecule has 4 rings (SSSR count). The highest BCUT2D eigenvalue weighted by molar-refractivity contribution is 9.10. The molecule has 0 amide bonds. The molecule has 0 unspecified atom stereocenters. The number of rotatable bonds is 7. The molecule has 2 aliphatic carbocycles. The Hall–Kier alpha value is -2.08. The average Bonchev–Trinajstić information content (AvgIpc) is 2.75. The molecule has 1 aromatic rings. The van der Waals surface area contributed by atoms with Crippen molar-refractivity contribution in [2.24, 2.45) is 10.8 Å². The van der Waals surface area contributed by atoms with Crippen molar-refractivity contribution in [2.75, 3.05) is 13.2 Å². The van der Waals surface area contributed by atoms with Crippen molar-refractivity contribution >= 4 is 27.5 Å². The summed E-state index contributed by atoms with van der Waals surface area (Å²) < 4.78 is 12.9. The smallest absolute Gasteiger partial charge is 0.175 e. The van der Waals surface area contributed by atoms with E-state index in [0.717, 1.165) is 58.4 Å². The van der Waals surface area contributed by atoms with E-state index in [0.29, 0.717) is 30.9 Å². The van der Waals surface area contributed by atoms with Crippen LogP contribution in [0.3, 0.4) is 0 Å². The lowest BCUT2D eigenvalue weighted by atomic mass is 9.63. The first-order valence-electron chi connectivity index (χ1n) is 13.7. The van der Waals surface area contributed by atoms with Crippen molar-refractivity contribution in [3.05, 3.63) is 44.7 Å². The molecule has 0 atom stereocenters. The van der Waals surface area contributed by atoms with Crippen molar-refractivity contribution in [1.29, 1.82) is 0 Å². The molecule has 0 radical (unpaired) electrons. The minimum Gasteiger partial charge on any atom is -0.490 e. The van der Waals surface area contributed by atoms with Crippen molar-refractivity contribution in [3.63, 3.8) is 0 Å². The van der Waals surface area contributed by atoms with Crippen molar-refractivity contribution in [3.8, 4) is 11.5 Å². The summed E-state index contributed by atoms with van der Waals surface area (Å²) in [5.41, 5.74) is 4.47. The molecule has 0 aromatic heterocycles. The Morgan fingerprint density at radius 2 is 1.49 bits per heavy atom. The van der Waals surface area contributed by atoms with Crippen LogP contribution in [0.4, 0.5) is 0 Å². The molecule has 1 aromatic carbocycles. The maximum Gasteiger partial charge on any atom is 0.175 e. The summed E-state index contributed by atoms with van der Waals surface area (Å²) in [5.74, 6) is 1.19. The minimum absolute atomic E-state index is 0.0217. The zero-order chi connectivity index (χ0) is 27.3. The number of allylic oxidation sites excluding steroid dienone is 4. The average molecular weight is 573 g/mol. The van der Waals surface area contributed by atoms with Crippen LogP contribution in [0, 0.1) is 10.8 Å². The lowest BCUT2D eigenvalue weighted by molar-refractivity contribution is -0.119. The molecule has 0 saturated carbocycles. The topological polar surface area (TPSA) is 55.8 Å². The van der Waals surface area contributed by atoms with Gasteiger partial charge in [0.05, 0.1) is 17.2 Å². The number of Topliss-reactive ketones (excluding diaryl/α,β-unsaturated/α-hetero) is 2. The monoisotopic (exact) mass is 571 g/mol. The van der Waals surface area contributed by atoms with Crippen LogP contribution in [0.15, 0.2) is 39.1 Å². The van der Waals surface area contributed by atoms with Gasteiger partial charge in [0.25, 0.3) is 0 Å². The SMILES string of the molecule is CCCN1C2=C(C(=O)CC(C)(C)C2)C(c2cc(Br)c(OC(C)C)c(OCC)c2)C2=C1CC(C)(C)CC2=O. The molecule has 0 fully saturated rings. The Labute approximate surface area is 230 Å². The van der Waals surface area contributed by atoms with Gasteiger partial charge in [0.15, 0.2) is 23.1 Å². The third-order valence-corrected chi connectivity index (χ3v) is 8.08. The van der Waals surface area contributed by atoms with Gasteiger partial charge in [-0.1, -0.05) is 34.6 Å². The zero-order valence-corrected chi connectivity index (χ0v) is 25.3. The highest BCUT2D eigenvalue weighted by Gasteiger charge is 2.49. The van der Waals surface area contributed by atoms with Gasteiger partial charge in [-0.05, 0) is 84.5 Å². The number of halogens is 1. The van der Waals surface area contributed by atoms with E-state index in [9.17, 15) is 9.59 Å². The number of hydrogen-bond donors (Lipinski definition) is 0. The molecule has 1 aliphatic heterocycles. The summed E-state index contributed by atoms with van der Waals surface area (Å²) in [6, 6.07) is 4.01. The molecule has 5 nitrogen and oxygen atoms in total. The number of benzene rings is 1. The second kappa shape index (κ2) is 10.2. The van der Waals surface area contributed by atoms with Crippen LogP contribution in [-0.4, -0.2) is 35.7 Å². The van der Waals surface area contributed by atoms with Gasteiger partial charge >= 0.3 is 0 Å². The third kappa shape index (κ3) is 5.41. The first kappa shape index (κ1) is 27.9. The summed E-state index contributed by atoms with van der Waals surface area (Å²) >= 11 is 3.72. The molecule has 0 spiro atoms. The minimum atomic E-state index is -0.395. The van der Waals surface area contributed by atoms with E-state index < -0.39 is 5.92 Å². The van der Waals surface area contributed by atoms with E-state index in [-0.39, 0.29) is 28.5 Å². The van der Waals surface area contributed by atoms with Gasteiger partial charge in [-0.25, -0.2) is 0 Å². The summed E-state index contributed by atoms with van der Waals surface area (Å²) in [6.45, 7) is 18.1. The van der Waals surface area contributed by atoms with Crippen LogP contribution in [-0.2, 0) is 9.59 Å². The first-order chi connectivity index (χ1) is 17.3. The molecule has 1 heterocycles. The van der Waals surface area contributed by atoms with Crippen molar-refractivity contribution in [1.82, 2.24) is 4.90 Å². The number of carbonyl (C=O) groups excluding carboxylic acids is 2. The second-order valence-electron chi connectivity index (χ2n) is 12.6. The van der Waals surface area contributed by atoms with E-state index in [2.05, 4.69) is 55.4 Å².